The first-order valence-corrected chi connectivity index (χ1v) is 6.95. The Morgan fingerprint density at radius 2 is 1.91 bits per heavy atom. The van der Waals surface area contributed by atoms with Gasteiger partial charge in [-0.1, -0.05) is 47.1 Å². The van der Waals surface area contributed by atoms with Crippen LogP contribution in [-0.4, -0.2) is 29.0 Å². The van der Waals surface area contributed by atoms with Crippen LogP contribution in [0.15, 0.2) is 47.6 Å². The summed E-state index contributed by atoms with van der Waals surface area (Å²) in [5, 5.41) is 22.5. The third-order valence-electron chi connectivity index (χ3n) is 2.97. The van der Waals surface area contributed by atoms with Crippen molar-refractivity contribution in [2.75, 3.05) is 7.11 Å². The Labute approximate surface area is 137 Å². The maximum Gasteiger partial charge on any atom is 0.358 e. The van der Waals surface area contributed by atoms with Gasteiger partial charge < -0.3 is 19.8 Å². The van der Waals surface area contributed by atoms with Gasteiger partial charge in [-0.2, -0.15) is 0 Å². The molecule has 0 heterocycles. The van der Waals surface area contributed by atoms with E-state index in [9.17, 15) is 15.0 Å². The van der Waals surface area contributed by atoms with Gasteiger partial charge >= 0.3 is 5.97 Å². The second-order valence-electron chi connectivity index (χ2n) is 4.48. The van der Waals surface area contributed by atoms with Crippen molar-refractivity contribution in [1.29, 1.82) is 0 Å². The lowest BCUT2D eigenvalue weighted by Crippen LogP contribution is -2.16. The summed E-state index contributed by atoms with van der Waals surface area (Å²) >= 11 is 6.06. The maximum absolute atomic E-state index is 11.4. The summed E-state index contributed by atoms with van der Waals surface area (Å²) in [6.07, 6.45) is 0. The molecular weight excluding hydrogens is 322 g/mol. The second-order valence-corrected chi connectivity index (χ2v) is 4.86. The Balaban J connectivity index is 2.28. The molecule has 0 aliphatic heterocycles. The molecule has 0 atom stereocenters. The Morgan fingerprint density at radius 3 is 2.52 bits per heavy atom. The molecule has 2 aromatic rings. The number of aromatic hydroxyl groups is 1. The van der Waals surface area contributed by atoms with Crippen LogP contribution < -0.4 is 4.74 Å². The summed E-state index contributed by atoms with van der Waals surface area (Å²) in [5.41, 5.74) is 0.543. The Bertz CT molecular complexity index is 731. The Kier molecular flexibility index (Phi) is 5.43. The fourth-order valence-corrected chi connectivity index (χ4v) is 2.20. The molecule has 0 bridgehead atoms. The van der Waals surface area contributed by atoms with Crippen molar-refractivity contribution in [2.24, 2.45) is 5.16 Å². The molecule has 2 aromatic carbocycles. The van der Waals surface area contributed by atoms with Crippen LogP contribution >= 0.6 is 11.6 Å². The molecule has 0 fully saturated rings. The van der Waals surface area contributed by atoms with Crippen molar-refractivity contribution < 1.29 is 24.6 Å². The van der Waals surface area contributed by atoms with Crippen molar-refractivity contribution in [3.8, 4) is 11.5 Å². The van der Waals surface area contributed by atoms with Crippen LogP contribution in [0.1, 0.15) is 11.1 Å². The molecule has 0 saturated carbocycles. The van der Waals surface area contributed by atoms with Crippen molar-refractivity contribution in [1.82, 2.24) is 0 Å². The first kappa shape index (κ1) is 16.6. The fourth-order valence-electron chi connectivity index (χ4n) is 1.87. The van der Waals surface area contributed by atoms with Crippen LogP contribution in [0.5, 0.6) is 11.5 Å². The van der Waals surface area contributed by atoms with Crippen molar-refractivity contribution in [3.05, 3.63) is 58.6 Å². The fraction of sp³-hybridized carbons (Fsp3) is 0.125. The quantitative estimate of drug-likeness (QED) is 0.625. The highest BCUT2D eigenvalue weighted by Gasteiger charge is 2.21. The van der Waals surface area contributed by atoms with E-state index >= 15 is 0 Å². The Morgan fingerprint density at radius 1 is 1.22 bits per heavy atom. The SMILES string of the molecule is COc1c(O)ccc(/C(=N\OCc2ccccc2)C(=O)O)c1Cl. The minimum absolute atomic E-state index is 0.0267. The van der Waals surface area contributed by atoms with Crippen LogP contribution in [0.2, 0.25) is 5.02 Å². The minimum atomic E-state index is -1.31. The third kappa shape index (κ3) is 3.92. The summed E-state index contributed by atoms with van der Waals surface area (Å²) in [4.78, 5) is 16.5. The van der Waals surface area contributed by atoms with Gasteiger partial charge in [-0.25, -0.2) is 4.79 Å². The molecule has 23 heavy (non-hydrogen) atoms. The topological polar surface area (TPSA) is 88.4 Å². The molecule has 7 heteroatoms. The van der Waals surface area contributed by atoms with E-state index in [1.165, 1.54) is 19.2 Å². The lowest BCUT2D eigenvalue weighted by molar-refractivity contribution is -0.129. The van der Waals surface area contributed by atoms with Crippen molar-refractivity contribution in [3.63, 3.8) is 0 Å². The van der Waals surface area contributed by atoms with E-state index in [0.717, 1.165) is 5.56 Å². The zero-order valence-corrected chi connectivity index (χ0v) is 12.9. The smallest absolute Gasteiger partial charge is 0.358 e. The lowest BCUT2D eigenvalue weighted by atomic mass is 10.1. The molecule has 0 aliphatic carbocycles. The van der Waals surface area contributed by atoms with Crippen LogP contribution in [-0.2, 0) is 16.2 Å². The molecule has 0 aliphatic rings. The summed E-state index contributed by atoms with van der Waals surface area (Å²) in [5.74, 6) is -1.54. The van der Waals surface area contributed by atoms with E-state index < -0.39 is 5.97 Å². The zero-order chi connectivity index (χ0) is 16.8. The Hall–Kier alpha value is -2.73. The predicted octanol–water partition coefficient (Wildman–Crippen LogP) is 3.06. The largest absolute Gasteiger partial charge is 0.504 e. The molecule has 6 nitrogen and oxygen atoms in total. The van der Waals surface area contributed by atoms with Gasteiger partial charge in [0.25, 0.3) is 0 Å². The third-order valence-corrected chi connectivity index (χ3v) is 3.34. The van der Waals surface area contributed by atoms with Gasteiger partial charge in [-0.15, -0.1) is 0 Å². The molecule has 0 amide bonds. The first-order chi connectivity index (χ1) is 11.0. The average Bonchev–Trinajstić information content (AvgIpc) is 2.54. The number of carboxylic acids is 1. The summed E-state index contributed by atoms with van der Waals surface area (Å²) in [6, 6.07) is 11.8. The number of oxime groups is 1. The number of carbonyl (C=O) groups is 1. The maximum atomic E-state index is 11.4. The number of aliphatic carboxylic acids is 1. The van der Waals surface area contributed by atoms with E-state index in [2.05, 4.69) is 5.16 Å². The molecular formula is C16H14ClNO5. The highest BCUT2D eigenvalue weighted by Crippen LogP contribution is 2.36. The van der Waals surface area contributed by atoms with E-state index in [-0.39, 0.29) is 34.4 Å². The molecule has 2 rings (SSSR count). The molecule has 0 radical (unpaired) electrons. The van der Waals surface area contributed by atoms with Crippen LogP contribution in [0.4, 0.5) is 0 Å². The minimum Gasteiger partial charge on any atom is -0.504 e. The van der Waals surface area contributed by atoms with Gasteiger partial charge in [-0.3, -0.25) is 0 Å². The number of nitrogens with zero attached hydrogens (tertiary/aromatic N) is 1. The number of halogens is 1. The van der Waals surface area contributed by atoms with E-state index in [1.54, 1.807) is 0 Å². The lowest BCUT2D eigenvalue weighted by Gasteiger charge is -2.10. The van der Waals surface area contributed by atoms with Gasteiger partial charge in [0.05, 0.1) is 12.1 Å². The van der Waals surface area contributed by atoms with Crippen molar-refractivity contribution >= 4 is 23.3 Å². The number of phenols is 1. The number of ether oxygens (including phenoxy) is 1. The van der Waals surface area contributed by atoms with Crippen molar-refractivity contribution in [2.45, 2.75) is 6.61 Å². The van der Waals surface area contributed by atoms with Crippen LogP contribution in [0.25, 0.3) is 0 Å². The molecule has 0 spiro atoms. The number of benzene rings is 2. The van der Waals surface area contributed by atoms with Gasteiger partial charge in [0.2, 0.25) is 0 Å². The molecule has 0 unspecified atom stereocenters. The molecule has 2 N–H and O–H groups in total. The molecule has 0 aromatic heterocycles. The normalized spacial score (nSPS) is 11.1. The van der Waals surface area contributed by atoms with Gasteiger partial charge in [-0.05, 0) is 17.7 Å². The number of methoxy groups -OCH3 is 1. The standard InChI is InChI=1S/C16H14ClNO5/c1-22-15-12(19)8-7-11(13(15)17)14(16(20)21)18-23-9-10-5-3-2-4-6-10/h2-8,19H,9H2,1H3,(H,20,21)/b18-14+. The molecule has 0 saturated heterocycles. The summed E-state index contributed by atoms with van der Waals surface area (Å²) in [6.45, 7) is 0.116. The summed E-state index contributed by atoms with van der Waals surface area (Å²) in [7, 11) is 1.31. The second kappa shape index (κ2) is 7.51. The van der Waals surface area contributed by atoms with Gasteiger partial charge in [0.15, 0.2) is 17.2 Å². The number of hydrogen-bond acceptors (Lipinski definition) is 5. The highest BCUT2D eigenvalue weighted by molar-refractivity contribution is 6.47. The monoisotopic (exact) mass is 335 g/mol. The zero-order valence-electron chi connectivity index (χ0n) is 12.2. The van der Waals surface area contributed by atoms with E-state index in [0.29, 0.717) is 0 Å². The number of hydrogen-bond donors (Lipinski definition) is 2. The number of carboxylic acid groups (broad SMARTS) is 1. The predicted molar refractivity (Wildman–Crippen MR) is 85.1 cm³/mol. The van der Waals surface area contributed by atoms with E-state index in [4.69, 9.17) is 21.2 Å². The van der Waals surface area contributed by atoms with E-state index in [1.807, 2.05) is 30.3 Å². The van der Waals surface area contributed by atoms with Crippen LogP contribution in [0.3, 0.4) is 0 Å². The number of rotatable bonds is 6. The summed E-state index contributed by atoms with van der Waals surface area (Å²) < 4.78 is 4.95. The molecule has 120 valence electrons. The first-order valence-electron chi connectivity index (χ1n) is 6.57. The van der Waals surface area contributed by atoms with Crippen LogP contribution in [0, 0.1) is 0 Å². The van der Waals surface area contributed by atoms with Gasteiger partial charge in [0.1, 0.15) is 6.61 Å². The van der Waals surface area contributed by atoms with Gasteiger partial charge in [0, 0.05) is 5.56 Å². The number of phenolic OH excluding ortho intramolecular Hbond substituents is 1. The highest BCUT2D eigenvalue weighted by atomic mass is 35.5. The average molecular weight is 336 g/mol.